The van der Waals surface area contributed by atoms with E-state index in [0.717, 1.165) is 12.0 Å². The molecule has 1 amide bonds. The van der Waals surface area contributed by atoms with Crippen molar-refractivity contribution in [2.24, 2.45) is 17.6 Å². The molecule has 0 spiro atoms. The summed E-state index contributed by atoms with van der Waals surface area (Å²) in [5.41, 5.74) is 6.54. The van der Waals surface area contributed by atoms with Crippen LogP contribution in [-0.4, -0.2) is 19.0 Å². The predicted octanol–water partition coefficient (Wildman–Crippen LogP) is 1.64. The second-order valence-corrected chi connectivity index (χ2v) is 5.09. The highest BCUT2D eigenvalue weighted by Crippen LogP contribution is 2.47. The summed E-state index contributed by atoms with van der Waals surface area (Å²) in [6.07, 6.45) is 0.856. The third-order valence-electron chi connectivity index (χ3n) is 3.45. The van der Waals surface area contributed by atoms with Crippen LogP contribution in [-0.2, 0) is 4.79 Å². The first-order valence-electron chi connectivity index (χ1n) is 6.35. The van der Waals surface area contributed by atoms with Crippen LogP contribution in [0.1, 0.15) is 24.8 Å². The molecule has 0 saturated heterocycles. The second kappa shape index (κ2) is 5.48. The van der Waals surface area contributed by atoms with Gasteiger partial charge in [0, 0.05) is 12.5 Å². The molecule has 98 valence electrons. The normalized spacial score (nSPS) is 23.5. The lowest BCUT2D eigenvalue weighted by Gasteiger charge is -2.09. The minimum Gasteiger partial charge on any atom is -0.356 e. The molecule has 0 heterocycles. The molecule has 3 unspecified atom stereocenters. The molecule has 3 nitrogen and oxygen atoms in total. The molecule has 1 aliphatic carbocycles. The molecule has 1 aromatic carbocycles. The number of carbonyl (C=O) groups excluding carboxylic acids is 1. The first-order valence-corrected chi connectivity index (χ1v) is 6.35. The Morgan fingerprint density at radius 2 is 2.17 bits per heavy atom. The van der Waals surface area contributed by atoms with Crippen LogP contribution in [0.5, 0.6) is 0 Å². The molecule has 3 N–H and O–H groups in total. The highest BCUT2D eigenvalue weighted by atomic mass is 19.1. The molecule has 0 radical (unpaired) electrons. The largest absolute Gasteiger partial charge is 0.356 e. The molecule has 0 bridgehead atoms. The van der Waals surface area contributed by atoms with Crippen molar-refractivity contribution in [1.29, 1.82) is 0 Å². The number of hydrogen-bond donors (Lipinski definition) is 2. The number of rotatable bonds is 5. The molecular formula is C14H19FN2O. The molecule has 0 aromatic heterocycles. The third kappa shape index (κ3) is 3.07. The number of hydrogen-bond acceptors (Lipinski definition) is 2. The van der Waals surface area contributed by atoms with Crippen LogP contribution in [0.15, 0.2) is 24.3 Å². The zero-order chi connectivity index (χ0) is 13.1. The maximum absolute atomic E-state index is 12.8. The number of halogens is 1. The van der Waals surface area contributed by atoms with E-state index < -0.39 is 0 Å². The van der Waals surface area contributed by atoms with E-state index in [9.17, 15) is 9.18 Å². The van der Waals surface area contributed by atoms with Gasteiger partial charge in [-0.05, 0) is 42.5 Å². The van der Waals surface area contributed by atoms with Gasteiger partial charge in [-0.3, -0.25) is 4.79 Å². The van der Waals surface area contributed by atoms with Gasteiger partial charge in [-0.25, -0.2) is 4.39 Å². The van der Waals surface area contributed by atoms with E-state index in [-0.39, 0.29) is 23.6 Å². The topological polar surface area (TPSA) is 55.1 Å². The summed E-state index contributed by atoms with van der Waals surface area (Å²) in [5.74, 6) is 0.443. The Balaban J connectivity index is 1.83. The number of benzene rings is 1. The second-order valence-electron chi connectivity index (χ2n) is 5.09. The van der Waals surface area contributed by atoms with E-state index in [1.165, 1.54) is 12.1 Å². The summed E-state index contributed by atoms with van der Waals surface area (Å²) >= 11 is 0. The first-order chi connectivity index (χ1) is 8.61. The van der Waals surface area contributed by atoms with Crippen molar-refractivity contribution < 1.29 is 9.18 Å². The Labute approximate surface area is 107 Å². The Morgan fingerprint density at radius 3 is 2.78 bits per heavy atom. The van der Waals surface area contributed by atoms with Gasteiger partial charge in [-0.15, -0.1) is 0 Å². The summed E-state index contributed by atoms with van der Waals surface area (Å²) in [5, 5.41) is 2.91. The highest BCUT2D eigenvalue weighted by molar-refractivity contribution is 5.82. The van der Waals surface area contributed by atoms with E-state index in [1.807, 2.05) is 6.92 Å². The Kier molecular flexibility index (Phi) is 3.97. The summed E-state index contributed by atoms with van der Waals surface area (Å²) < 4.78 is 12.8. The van der Waals surface area contributed by atoms with E-state index in [4.69, 9.17) is 5.73 Å². The van der Waals surface area contributed by atoms with Crippen molar-refractivity contribution in [2.45, 2.75) is 19.3 Å². The fraction of sp³-hybridized carbons (Fsp3) is 0.500. The van der Waals surface area contributed by atoms with Gasteiger partial charge in [-0.2, -0.15) is 0 Å². The van der Waals surface area contributed by atoms with Crippen LogP contribution in [0.4, 0.5) is 4.39 Å². The van der Waals surface area contributed by atoms with Crippen molar-refractivity contribution in [1.82, 2.24) is 5.32 Å². The van der Waals surface area contributed by atoms with Crippen LogP contribution in [0, 0.1) is 17.7 Å². The van der Waals surface area contributed by atoms with E-state index in [1.54, 1.807) is 12.1 Å². The maximum atomic E-state index is 12.8. The minimum absolute atomic E-state index is 0.0421. The van der Waals surface area contributed by atoms with E-state index in [2.05, 4.69) is 5.32 Å². The van der Waals surface area contributed by atoms with Crippen LogP contribution in [0.25, 0.3) is 0 Å². The standard InChI is InChI=1S/C14H19FN2O/c1-9(7-16)8-17-14(18)13-6-12(13)10-2-4-11(15)5-3-10/h2-5,9,12-13H,6-8,16H2,1H3,(H,17,18). The fourth-order valence-corrected chi connectivity index (χ4v) is 2.05. The number of carbonyl (C=O) groups is 1. The van der Waals surface area contributed by atoms with Gasteiger partial charge in [0.2, 0.25) is 5.91 Å². The molecule has 1 saturated carbocycles. The molecule has 0 aliphatic heterocycles. The van der Waals surface area contributed by atoms with Gasteiger partial charge >= 0.3 is 0 Å². The molecular weight excluding hydrogens is 231 g/mol. The zero-order valence-electron chi connectivity index (χ0n) is 10.5. The lowest BCUT2D eigenvalue weighted by Crippen LogP contribution is -2.32. The maximum Gasteiger partial charge on any atom is 0.223 e. The summed E-state index contributed by atoms with van der Waals surface area (Å²) in [6.45, 7) is 3.21. The van der Waals surface area contributed by atoms with Crippen molar-refractivity contribution in [3.8, 4) is 0 Å². The number of nitrogens with one attached hydrogen (secondary N) is 1. The molecule has 1 fully saturated rings. The zero-order valence-corrected chi connectivity index (χ0v) is 10.5. The van der Waals surface area contributed by atoms with Gasteiger partial charge in [0.1, 0.15) is 5.82 Å². The Bertz CT molecular complexity index is 418. The van der Waals surface area contributed by atoms with Crippen LogP contribution >= 0.6 is 0 Å². The van der Waals surface area contributed by atoms with Gasteiger partial charge in [0.05, 0.1) is 0 Å². The average Bonchev–Trinajstić information content (AvgIpc) is 3.16. The van der Waals surface area contributed by atoms with Crippen molar-refractivity contribution in [2.75, 3.05) is 13.1 Å². The lowest BCUT2D eigenvalue weighted by molar-refractivity contribution is -0.122. The van der Waals surface area contributed by atoms with Gasteiger partial charge in [0.15, 0.2) is 0 Å². The van der Waals surface area contributed by atoms with Gasteiger partial charge in [-0.1, -0.05) is 19.1 Å². The van der Waals surface area contributed by atoms with Crippen molar-refractivity contribution >= 4 is 5.91 Å². The minimum atomic E-state index is -0.239. The van der Waals surface area contributed by atoms with Crippen LogP contribution in [0.3, 0.4) is 0 Å². The third-order valence-corrected chi connectivity index (χ3v) is 3.45. The SMILES string of the molecule is CC(CN)CNC(=O)C1CC1c1ccc(F)cc1. The summed E-state index contributed by atoms with van der Waals surface area (Å²) in [4.78, 5) is 11.9. The molecule has 1 aliphatic rings. The van der Waals surface area contributed by atoms with Crippen molar-refractivity contribution in [3.63, 3.8) is 0 Å². The first kappa shape index (κ1) is 13.0. The quantitative estimate of drug-likeness (QED) is 0.834. The van der Waals surface area contributed by atoms with E-state index >= 15 is 0 Å². The van der Waals surface area contributed by atoms with Gasteiger partial charge in [0.25, 0.3) is 0 Å². The Morgan fingerprint density at radius 1 is 1.50 bits per heavy atom. The van der Waals surface area contributed by atoms with Crippen LogP contribution in [0.2, 0.25) is 0 Å². The predicted molar refractivity (Wildman–Crippen MR) is 68.5 cm³/mol. The molecule has 4 heteroatoms. The average molecular weight is 250 g/mol. The summed E-state index contributed by atoms with van der Waals surface area (Å²) in [7, 11) is 0. The molecule has 1 aromatic rings. The Hall–Kier alpha value is -1.42. The van der Waals surface area contributed by atoms with Gasteiger partial charge < -0.3 is 11.1 Å². The lowest BCUT2D eigenvalue weighted by atomic mass is 10.1. The highest BCUT2D eigenvalue weighted by Gasteiger charge is 2.43. The number of amides is 1. The summed E-state index contributed by atoms with van der Waals surface area (Å²) in [6, 6.07) is 6.41. The number of nitrogens with two attached hydrogens (primary N) is 1. The van der Waals surface area contributed by atoms with Crippen LogP contribution < -0.4 is 11.1 Å². The molecule has 2 rings (SSSR count). The molecule has 18 heavy (non-hydrogen) atoms. The smallest absolute Gasteiger partial charge is 0.223 e. The monoisotopic (exact) mass is 250 g/mol. The molecule has 3 atom stereocenters. The van der Waals surface area contributed by atoms with Crippen molar-refractivity contribution in [3.05, 3.63) is 35.6 Å². The fourth-order valence-electron chi connectivity index (χ4n) is 2.05. The van der Waals surface area contributed by atoms with E-state index in [0.29, 0.717) is 19.0 Å².